The fourth-order valence-corrected chi connectivity index (χ4v) is 2.62. The van der Waals surface area contributed by atoms with Crippen molar-refractivity contribution in [3.63, 3.8) is 0 Å². The predicted octanol–water partition coefficient (Wildman–Crippen LogP) is 2.51. The number of rotatable bonds is 6. The maximum Gasteiger partial charge on any atom is 0.0491 e. The lowest BCUT2D eigenvalue weighted by Crippen LogP contribution is -2.38. The molecule has 1 aliphatic rings. The minimum Gasteiger partial charge on any atom is -0.329 e. The third-order valence-corrected chi connectivity index (χ3v) is 3.65. The Labute approximate surface area is 110 Å². The van der Waals surface area contributed by atoms with Crippen LogP contribution in [0.2, 0.25) is 0 Å². The molecular weight excluding hydrogens is 222 g/mol. The Balaban J connectivity index is 2.22. The molecule has 1 heterocycles. The molecule has 1 saturated carbocycles. The Hall–Kier alpha value is -0.930. The van der Waals surface area contributed by atoms with Gasteiger partial charge < -0.3 is 5.73 Å². The van der Waals surface area contributed by atoms with Crippen LogP contribution in [0.1, 0.15) is 43.9 Å². The molecule has 0 saturated heterocycles. The van der Waals surface area contributed by atoms with Crippen LogP contribution in [0.4, 0.5) is 0 Å². The quantitative estimate of drug-likeness (QED) is 0.840. The third kappa shape index (κ3) is 3.09. The summed E-state index contributed by atoms with van der Waals surface area (Å²) in [6.45, 7) is 8.51. The average molecular weight is 247 g/mol. The van der Waals surface area contributed by atoms with Gasteiger partial charge in [-0.1, -0.05) is 13.8 Å². The van der Waals surface area contributed by atoms with E-state index >= 15 is 0 Å². The van der Waals surface area contributed by atoms with E-state index in [0.717, 1.165) is 12.6 Å². The molecule has 2 rings (SSSR count). The smallest absolute Gasteiger partial charge is 0.0491 e. The Kier molecular flexibility index (Phi) is 4.36. The fourth-order valence-electron chi connectivity index (χ4n) is 2.62. The molecule has 1 aromatic heterocycles. The number of aromatic nitrogens is 1. The van der Waals surface area contributed by atoms with Gasteiger partial charge in [0, 0.05) is 37.6 Å². The molecule has 1 aromatic rings. The van der Waals surface area contributed by atoms with Crippen molar-refractivity contribution in [2.45, 2.75) is 45.7 Å². The molecule has 1 unspecified atom stereocenters. The molecule has 1 aliphatic carbocycles. The van der Waals surface area contributed by atoms with Gasteiger partial charge in [0.2, 0.25) is 0 Å². The van der Waals surface area contributed by atoms with Gasteiger partial charge >= 0.3 is 0 Å². The summed E-state index contributed by atoms with van der Waals surface area (Å²) in [7, 11) is 0. The van der Waals surface area contributed by atoms with Gasteiger partial charge in [0.25, 0.3) is 0 Å². The Morgan fingerprint density at radius 3 is 2.67 bits per heavy atom. The lowest BCUT2D eigenvalue weighted by atomic mass is 10.0. The van der Waals surface area contributed by atoms with E-state index in [-0.39, 0.29) is 0 Å². The molecule has 0 spiro atoms. The zero-order valence-electron chi connectivity index (χ0n) is 11.8. The minimum atomic E-state index is 0.327. The Morgan fingerprint density at radius 1 is 1.44 bits per heavy atom. The number of hydrogen-bond donors (Lipinski definition) is 1. The zero-order chi connectivity index (χ0) is 13.1. The highest BCUT2D eigenvalue weighted by Crippen LogP contribution is 2.35. The Morgan fingerprint density at radius 2 is 2.17 bits per heavy atom. The second-order valence-corrected chi connectivity index (χ2v) is 5.81. The van der Waals surface area contributed by atoms with Crippen molar-refractivity contribution in [3.8, 4) is 0 Å². The minimum absolute atomic E-state index is 0.327. The van der Waals surface area contributed by atoms with Gasteiger partial charge in [-0.15, -0.1) is 0 Å². The van der Waals surface area contributed by atoms with Gasteiger partial charge in [0.1, 0.15) is 0 Å². The lowest BCUT2D eigenvalue weighted by molar-refractivity contribution is 0.169. The van der Waals surface area contributed by atoms with E-state index in [9.17, 15) is 0 Å². The van der Waals surface area contributed by atoms with Gasteiger partial charge in [0.15, 0.2) is 0 Å². The van der Waals surface area contributed by atoms with Crippen LogP contribution in [0.5, 0.6) is 0 Å². The summed E-state index contributed by atoms with van der Waals surface area (Å²) in [6, 6.07) is 3.15. The largest absolute Gasteiger partial charge is 0.329 e. The molecule has 1 fully saturated rings. The van der Waals surface area contributed by atoms with Gasteiger partial charge in [-0.25, -0.2) is 0 Å². The maximum atomic E-state index is 6.05. The van der Waals surface area contributed by atoms with Crippen molar-refractivity contribution in [1.82, 2.24) is 9.88 Å². The van der Waals surface area contributed by atoms with Gasteiger partial charge in [-0.3, -0.25) is 9.88 Å². The molecule has 0 amide bonds. The standard InChI is InChI=1S/C15H25N3/c1-11(2)10-18(13-4-5-13)15(8-16)14-9-17-7-6-12(14)3/h6-7,9,11,13,15H,4-5,8,10,16H2,1-3H3. The summed E-state index contributed by atoms with van der Waals surface area (Å²) < 4.78 is 0. The molecular formula is C15H25N3. The van der Waals surface area contributed by atoms with E-state index in [1.807, 2.05) is 12.4 Å². The number of pyridine rings is 1. The van der Waals surface area contributed by atoms with Crippen LogP contribution >= 0.6 is 0 Å². The summed E-state index contributed by atoms with van der Waals surface area (Å²) >= 11 is 0. The number of nitrogens with two attached hydrogens (primary N) is 1. The highest BCUT2D eigenvalue weighted by atomic mass is 15.2. The van der Waals surface area contributed by atoms with Crippen molar-refractivity contribution in [2.75, 3.05) is 13.1 Å². The fraction of sp³-hybridized carbons (Fsp3) is 0.667. The first-order valence-corrected chi connectivity index (χ1v) is 6.99. The summed E-state index contributed by atoms with van der Waals surface area (Å²) in [5.41, 5.74) is 8.65. The molecule has 0 bridgehead atoms. The SMILES string of the molecule is Cc1ccncc1C(CN)N(CC(C)C)C1CC1. The predicted molar refractivity (Wildman–Crippen MR) is 75.3 cm³/mol. The number of nitrogens with zero attached hydrogens (tertiary/aromatic N) is 2. The van der Waals surface area contributed by atoms with E-state index in [2.05, 4.69) is 36.7 Å². The monoisotopic (exact) mass is 247 g/mol. The number of aryl methyl sites for hydroxylation is 1. The van der Waals surface area contributed by atoms with Crippen molar-refractivity contribution in [2.24, 2.45) is 11.7 Å². The van der Waals surface area contributed by atoms with E-state index in [1.165, 1.54) is 24.0 Å². The maximum absolute atomic E-state index is 6.05. The van der Waals surface area contributed by atoms with E-state index in [4.69, 9.17) is 5.73 Å². The van der Waals surface area contributed by atoms with Crippen LogP contribution in [0.25, 0.3) is 0 Å². The molecule has 2 N–H and O–H groups in total. The molecule has 3 nitrogen and oxygen atoms in total. The molecule has 100 valence electrons. The van der Waals surface area contributed by atoms with Gasteiger partial charge in [0.05, 0.1) is 0 Å². The van der Waals surface area contributed by atoms with Crippen LogP contribution in [0, 0.1) is 12.8 Å². The van der Waals surface area contributed by atoms with E-state index < -0.39 is 0 Å². The molecule has 0 aliphatic heterocycles. The van der Waals surface area contributed by atoms with Crippen molar-refractivity contribution >= 4 is 0 Å². The van der Waals surface area contributed by atoms with Gasteiger partial charge in [-0.2, -0.15) is 0 Å². The van der Waals surface area contributed by atoms with E-state index in [1.54, 1.807) is 0 Å². The molecule has 0 radical (unpaired) electrons. The van der Waals surface area contributed by atoms with Crippen molar-refractivity contribution < 1.29 is 0 Å². The molecule has 1 atom stereocenters. The van der Waals surface area contributed by atoms with Crippen LogP contribution < -0.4 is 5.73 Å². The summed E-state index contributed by atoms with van der Waals surface area (Å²) in [5, 5.41) is 0. The van der Waals surface area contributed by atoms with Crippen molar-refractivity contribution in [1.29, 1.82) is 0 Å². The molecule has 18 heavy (non-hydrogen) atoms. The van der Waals surface area contributed by atoms with Crippen LogP contribution in [0.3, 0.4) is 0 Å². The first-order chi connectivity index (χ1) is 8.63. The highest BCUT2D eigenvalue weighted by Gasteiger charge is 2.34. The van der Waals surface area contributed by atoms with Crippen LogP contribution in [0.15, 0.2) is 18.5 Å². The molecule has 0 aromatic carbocycles. The second kappa shape index (κ2) is 5.81. The average Bonchev–Trinajstić information content (AvgIpc) is 3.14. The van der Waals surface area contributed by atoms with Crippen LogP contribution in [-0.4, -0.2) is 29.0 Å². The first-order valence-electron chi connectivity index (χ1n) is 6.99. The topological polar surface area (TPSA) is 42.1 Å². The Bertz CT molecular complexity index is 385. The second-order valence-electron chi connectivity index (χ2n) is 5.81. The first kappa shape index (κ1) is 13.5. The summed E-state index contributed by atoms with van der Waals surface area (Å²) in [4.78, 5) is 6.87. The lowest BCUT2D eigenvalue weighted by Gasteiger charge is -2.33. The molecule has 3 heteroatoms. The normalized spacial score (nSPS) is 17.4. The zero-order valence-corrected chi connectivity index (χ0v) is 11.8. The third-order valence-electron chi connectivity index (χ3n) is 3.65. The van der Waals surface area contributed by atoms with Crippen molar-refractivity contribution in [3.05, 3.63) is 29.6 Å². The number of hydrogen-bond acceptors (Lipinski definition) is 3. The summed E-state index contributed by atoms with van der Waals surface area (Å²) in [5.74, 6) is 0.677. The summed E-state index contributed by atoms with van der Waals surface area (Å²) in [6.07, 6.45) is 6.49. The van der Waals surface area contributed by atoms with Crippen LogP contribution in [-0.2, 0) is 0 Å². The van der Waals surface area contributed by atoms with Gasteiger partial charge in [-0.05, 0) is 42.9 Å². The highest BCUT2D eigenvalue weighted by molar-refractivity contribution is 5.26. The van der Waals surface area contributed by atoms with E-state index in [0.29, 0.717) is 18.5 Å².